The lowest BCUT2D eigenvalue weighted by Gasteiger charge is -2.44. The molecule has 6 nitrogen and oxygen atoms in total. The summed E-state index contributed by atoms with van der Waals surface area (Å²) in [5.41, 5.74) is 1.80. The van der Waals surface area contributed by atoms with Gasteiger partial charge < -0.3 is 14.7 Å². The number of amides is 1. The average Bonchev–Trinajstić information content (AvgIpc) is 3.40. The number of carbonyl (C=O) groups excluding carboxylic acids is 1. The van der Waals surface area contributed by atoms with Crippen LogP contribution in [0, 0.1) is 5.82 Å². The Morgan fingerprint density at radius 2 is 1.97 bits per heavy atom. The number of benzene rings is 1. The van der Waals surface area contributed by atoms with E-state index in [0.717, 1.165) is 76.1 Å². The lowest BCUT2D eigenvalue weighted by atomic mass is 10.0. The molecular formula is C22H28FN5OS. The van der Waals surface area contributed by atoms with Crippen molar-refractivity contribution in [3.63, 3.8) is 0 Å². The van der Waals surface area contributed by atoms with E-state index < -0.39 is 0 Å². The molecule has 0 saturated carbocycles. The van der Waals surface area contributed by atoms with E-state index in [-0.39, 0.29) is 11.7 Å². The minimum absolute atomic E-state index is 0.147. The van der Waals surface area contributed by atoms with Gasteiger partial charge in [-0.3, -0.25) is 14.7 Å². The molecule has 1 aromatic carbocycles. The number of carbonyl (C=O) groups is 1. The summed E-state index contributed by atoms with van der Waals surface area (Å²) in [6.07, 6.45) is 2.65. The first kappa shape index (κ1) is 19.9. The monoisotopic (exact) mass is 429 g/mol. The highest BCUT2D eigenvalue weighted by Crippen LogP contribution is 2.31. The standard InChI is InChI=1S/C22H28FN5OS/c23-19-5-1-2-6-20(19)26-12-10-25(11-13-26)17-4-3-8-27(15-17)21(29)14-18-16-30-22-24-7-9-28(18)22/h1-2,5-6,16-17H,3-4,7-15H2/t17-/m1/s1. The van der Waals surface area contributed by atoms with Crippen LogP contribution in [-0.2, 0) is 4.79 Å². The fourth-order valence-corrected chi connectivity index (χ4v) is 5.85. The van der Waals surface area contributed by atoms with Crippen LogP contribution >= 0.6 is 11.8 Å². The Kier molecular flexibility index (Phi) is 5.69. The molecule has 0 spiro atoms. The van der Waals surface area contributed by atoms with Gasteiger partial charge in [0.1, 0.15) is 5.82 Å². The van der Waals surface area contributed by atoms with Gasteiger partial charge in [-0.05, 0) is 30.4 Å². The van der Waals surface area contributed by atoms with Gasteiger partial charge in [0.15, 0.2) is 5.17 Å². The average molecular weight is 430 g/mol. The molecule has 0 bridgehead atoms. The fourth-order valence-electron chi connectivity index (χ4n) is 4.90. The largest absolute Gasteiger partial charge is 0.367 e. The summed E-state index contributed by atoms with van der Waals surface area (Å²) in [4.78, 5) is 26.3. The molecule has 4 aliphatic heterocycles. The number of fused-ring (bicyclic) bond motifs is 1. The Morgan fingerprint density at radius 3 is 2.80 bits per heavy atom. The molecule has 160 valence electrons. The number of piperazine rings is 1. The first-order valence-electron chi connectivity index (χ1n) is 10.9. The number of amidine groups is 1. The van der Waals surface area contributed by atoms with Crippen molar-refractivity contribution in [3.8, 4) is 0 Å². The highest BCUT2D eigenvalue weighted by Gasteiger charge is 2.33. The third kappa shape index (κ3) is 3.95. The van der Waals surface area contributed by atoms with Crippen LogP contribution in [0.3, 0.4) is 0 Å². The molecular weight excluding hydrogens is 401 g/mol. The van der Waals surface area contributed by atoms with Gasteiger partial charge in [0.05, 0.1) is 18.7 Å². The van der Waals surface area contributed by atoms with E-state index in [1.807, 2.05) is 17.0 Å². The van der Waals surface area contributed by atoms with E-state index in [9.17, 15) is 9.18 Å². The van der Waals surface area contributed by atoms with E-state index in [1.165, 1.54) is 6.07 Å². The number of hydrogen-bond donors (Lipinski definition) is 0. The number of aliphatic imine (C=N–C) groups is 1. The molecule has 1 aromatic rings. The van der Waals surface area contributed by atoms with Crippen LogP contribution in [0.4, 0.5) is 10.1 Å². The zero-order valence-electron chi connectivity index (χ0n) is 17.2. The smallest absolute Gasteiger partial charge is 0.228 e. The normalized spacial score (nSPS) is 24.7. The fraction of sp³-hybridized carbons (Fsp3) is 0.545. The van der Waals surface area contributed by atoms with Crippen LogP contribution in [0.2, 0.25) is 0 Å². The van der Waals surface area contributed by atoms with Crippen molar-refractivity contribution in [1.82, 2.24) is 14.7 Å². The van der Waals surface area contributed by atoms with Gasteiger partial charge in [-0.25, -0.2) is 4.39 Å². The Morgan fingerprint density at radius 1 is 1.13 bits per heavy atom. The van der Waals surface area contributed by atoms with Crippen LogP contribution in [0.5, 0.6) is 0 Å². The Bertz CT molecular complexity index is 867. The van der Waals surface area contributed by atoms with E-state index in [2.05, 4.69) is 25.1 Å². The van der Waals surface area contributed by atoms with E-state index in [1.54, 1.807) is 17.8 Å². The molecule has 0 aliphatic carbocycles. The van der Waals surface area contributed by atoms with Gasteiger partial charge in [0, 0.05) is 57.6 Å². The third-order valence-corrected chi connectivity index (χ3v) is 7.50. The van der Waals surface area contributed by atoms with E-state index >= 15 is 0 Å². The molecule has 0 radical (unpaired) electrons. The lowest BCUT2D eigenvalue weighted by molar-refractivity contribution is -0.132. The molecule has 2 saturated heterocycles. The van der Waals surface area contributed by atoms with Crippen molar-refractivity contribution in [2.75, 3.05) is 57.3 Å². The number of para-hydroxylation sites is 1. The van der Waals surface area contributed by atoms with Gasteiger partial charge >= 0.3 is 0 Å². The van der Waals surface area contributed by atoms with Crippen molar-refractivity contribution >= 4 is 28.5 Å². The lowest BCUT2D eigenvalue weighted by Crippen LogP contribution is -2.56. The quantitative estimate of drug-likeness (QED) is 0.736. The molecule has 0 N–H and O–H groups in total. The van der Waals surface area contributed by atoms with Crippen molar-refractivity contribution in [2.45, 2.75) is 25.3 Å². The highest BCUT2D eigenvalue weighted by molar-refractivity contribution is 8.16. The van der Waals surface area contributed by atoms with Crippen LogP contribution in [-0.4, -0.2) is 84.2 Å². The highest BCUT2D eigenvalue weighted by atomic mass is 32.2. The number of halogens is 1. The summed E-state index contributed by atoms with van der Waals surface area (Å²) < 4.78 is 14.1. The van der Waals surface area contributed by atoms with Crippen LogP contribution in [0.1, 0.15) is 19.3 Å². The Balaban J connectivity index is 1.15. The van der Waals surface area contributed by atoms with Crippen molar-refractivity contribution in [2.24, 2.45) is 4.99 Å². The van der Waals surface area contributed by atoms with Gasteiger partial charge in [-0.15, -0.1) is 0 Å². The number of thioether (sulfide) groups is 1. The molecule has 0 aromatic heterocycles. The summed E-state index contributed by atoms with van der Waals surface area (Å²) in [5.74, 6) is 0.0793. The zero-order chi connectivity index (χ0) is 20.5. The molecule has 4 heterocycles. The third-order valence-electron chi connectivity index (χ3n) is 6.55. The number of rotatable bonds is 4. The maximum absolute atomic E-state index is 14.1. The first-order valence-corrected chi connectivity index (χ1v) is 11.8. The van der Waals surface area contributed by atoms with E-state index in [4.69, 9.17) is 0 Å². The second-order valence-corrected chi connectivity index (χ2v) is 9.17. The number of nitrogens with zero attached hydrogens (tertiary/aromatic N) is 5. The predicted molar refractivity (Wildman–Crippen MR) is 119 cm³/mol. The number of likely N-dealkylation sites (tertiary alicyclic amines) is 1. The summed E-state index contributed by atoms with van der Waals surface area (Å²) >= 11 is 1.64. The maximum Gasteiger partial charge on any atom is 0.228 e. The molecule has 0 unspecified atom stereocenters. The predicted octanol–water partition coefficient (Wildman–Crippen LogP) is 2.59. The Hall–Kier alpha value is -2.06. The second kappa shape index (κ2) is 8.59. The molecule has 4 aliphatic rings. The number of piperidine rings is 1. The molecule has 5 rings (SSSR count). The van der Waals surface area contributed by atoms with Gasteiger partial charge in [0.2, 0.25) is 5.91 Å². The van der Waals surface area contributed by atoms with Crippen molar-refractivity contribution in [3.05, 3.63) is 41.2 Å². The zero-order valence-corrected chi connectivity index (χ0v) is 18.0. The van der Waals surface area contributed by atoms with Gasteiger partial charge in [-0.1, -0.05) is 23.9 Å². The Labute approximate surface area is 181 Å². The first-order chi connectivity index (χ1) is 14.7. The molecule has 2 fully saturated rings. The summed E-state index contributed by atoms with van der Waals surface area (Å²) in [6.45, 7) is 6.87. The number of hydrogen-bond acceptors (Lipinski definition) is 6. The van der Waals surface area contributed by atoms with Crippen molar-refractivity contribution < 1.29 is 9.18 Å². The summed E-state index contributed by atoms with van der Waals surface area (Å²) in [5, 5.41) is 3.13. The maximum atomic E-state index is 14.1. The summed E-state index contributed by atoms with van der Waals surface area (Å²) in [6, 6.07) is 7.42. The summed E-state index contributed by atoms with van der Waals surface area (Å²) in [7, 11) is 0. The molecule has 8 heteroatoms. The van der Waals surface area contributed by atoms with Crippen LogP contribution in [0.25, 0.3) is 0 Å². The van der Waals surface area contributed by atoms with Crippen molar-refractivity contribution in [1.29, 1.82) is 0 Å². The minimum Gasteiger partial charge on any atom is -0.367 e. The SMILES string of the molecule is O=C(CC1=CSC2=NCCN12)N1CCC[C@@H](N2CCN(c3ccccc3F)CC2)C1. The second-order valence-electron chi connectivity index (χ2n) is 8.33. The molecule has 30 heavy (non-hydrogen) atoms. The molecule has 1 amide bonds. The van der Waals surface area contributed by atoms with Crippen LogP contribution in [0.15, 0.2) is 40.4 Å². The topological polar surface area (TPSA) is 42.4 Å². The minimum atomic E-state index is -0.147. The van der Waals surface area contributed by atoms with E-state index in [0.29, 0.717) is 18.2 Å². The van der Waals surface area contributed by atoms with Crippen LogP contribution < -0.4 is 4.90 Å². The molecule has 1 atom stereocenters. The van der Waals surface area contributed by atoms with Gasteiger partial charge in [-0.2, -0.15) is 0 Å². The van der Waals surface area contributed by atoms with Gasteiger partial charge in [0.25, 0.3) is 0 Å². The number of anilines is 1.